The normalized spacial score (nSPS) is 13.4. The minimum atomic E-state index is -0.723. The highest BCUT2D eigenvalue weighted by Crippen LogP contribution is 2.33. The first-order chi connectivity index (χ1) is 9.38. The molecule has 3 N–H and O–H groups in total. The van der Waals surface area contributed by atoms with Gasteiger partial charge in [-0.05, 0) is 26.2 Å². The standard InChI is InChI=1S/C17H23NO2/c1-12(18)14-9-8-13-6-4-5-7-15(13)16(14)20-11-10-17(2,3)19/h4-9,12,19H,10-11,18H2,1-3H3. The fraction of sp³-hybridized carbons (Fsp3) is 0.412. The van der Waals surface area contributed by atoms with Crippen molar-refractivity contribution in [1.29, 1.82) is 0 Å². The molecular weight excluding hydrogens is 250 g/mol. The second kappa shape index (κ2) is 5.81. The molecule has 0 heterocycles. The highest BCUT2D eigenvalue weighted by molar-refractivity contribution is 5.89. The first-order valence-corrected chi connectivity index (χ1v) is 7.01. The molecule has 3 heteroatoms. The van der Waals surface area contributed by atoms with E-state index in [1.165, 1.54) is 0 Å². The van der Waals surface area contributed by atoms with Gasteiger partial charge in [-0.15, -0.1) is 0 Å². The quantitative estimate of drug-likeness (QED) is 0.878. The first kappa shape index (κ1) is 14.8. The summed E-state index contributed by atoms with van der Waals surface area (Å²) in [5, 5.41) is 12.0. The summed E-state index contributed by atoms with van der Waals surface area (Å²) in [6.07, 6.45) is 0.578. The molecule has 20 heavy (non-hydrogen) atoms. The molecule has 0 amide bonds. The van der Waals surface area contributed by atoms with Crippen LogP contribution in [0.1, 0.15) is 38.8 Å². The number of fused-ring (bicyclic) bond motifs is 1. The molecule has 0 saturated carbocycles. The summed E-state index contributed by atoms with van der Waals surface area (Å²) in [7, 11) is 0. The van der Waals surface area contributed by atoms with Crippen molar-refractivity contribution >= 4 is 10.8 Å². The van der Waals surface area contributed by atoms with Crippen LogP contribution in [0, 0.1) is 0 Å². The predicted octanol–water partition coefficient (Wildman–Crippen LogP) is 3.40. The summed E-state index contributed by atoms with van der Waals surface area (Å²) in [6.45, 7) is 5.99. The van der Waals surface area contributed by atoms with E-state index in [0.717, 1.165) is 22.1 Å². The van der Waals surface area contributed by atoms with E-state index in [4.69, 9.17) is 10.5 Å². The van der Waals surface area contributed by atoms with Crippen LogP contribution in [-0.4, -0.2) is 17.3 Å². The number of benzene rings is 2. The van der Waals surface area contributed by atoms with Crippen molar-refractivity contribution in [3.8, 4) is 5.75 Å². The zero-order valence-electron chi connectivity index (χ0n) is 12.4. The molecule has 0 saturated heterocycles. The van der Waals surface area contributed by atoms with Crippen molar-refractivity contribution in [1.82, 2.24) is 0 Å². The Bertz CT molecular complexity index is 585. The van der Waals surface area contributed by atoms with Gasteiger partial charge in [-0.2, -0.15) is 0 Å². The Morgan fingerprint density at radius 2 is 1.90 bits per heavy atom. The van der Waals surface area contributed by atoms with Crippen LogP contribution >= 0.6 is 0 Å². The molecule has 0 bridgehead atoms. The molecule has 2 aromatic rings. The fourth-order valence-corrected chi connectivity index (χ4v) is 2.18. The largest absolute Gasteiger partial charge is 0.492 e. The van der Waals surface area contributed by atoms with Crippen LogP contribution in [0.5, 0.6) is 5.75 Å². The van der Waals surface area contributed by atoms with Gasteiger partial charge in [0.25, 0.3) is 0 Å². The Kier molecular flexibility index (Phi) is 4.31. The van der Waals surface area contributed by atoms with Gasteiger partial charge in [-0.1, -0.05) is 36.4 Å². The van der Waals surface area contributed by atoms with Crippen LogP contribution in [0.25, 0.3) is 10.8 Å². The minimum Gasteiger partial charge on any atom is -0.492 e. The van der Waals surface area contributed by atoms with Crippen molar-refractivity contribution in [2.75, 3.05) is 6.61 Å². The molecular formula is C17H23NO2. The summed E-state index contributed by atoms with van der Waals surface area (Å²) in [6, 6.07) is 12.1. The Hall–Kier alpha value is -1.58. The van der Waals surface area contributed by atoms with Gasteiger partial charge < -0.3 is 15.6 Å². The second-order valence-corrected chi connectivity index (χ2v) is 5.90. The zero-order chi connectivity index (χ0) is 14.8. The maximum atomic E-state index is 9.78. The number of aliphatic hydroxyl groups is 1. The topological polar surface area (TPSA) is 55.5 Å². The number of hydrogen-bond donors (Lipinski definition) is 2. The maximum Gasteiger partial charge on any atom is 0.131 e. The number of nitrogens with two attached hydrogens (primary N) is 1. The van der Waals surface area contributed by atoms with E-state index >= 15 is 0 Å². The van der Waals surface area contributed by atoms with E-state index < -0.39 is 5.60 Å². The lowest BCUT2D eigenvalue weighted by molar-refractivity contribution is 0.0554. The molecule has 0 aliphatic carbocycles. The molecule has 1 unspecified atom stereocenters. The van der Waals surface area contributed by atoms with E-state index in [9.17, 15) is 5.11 Å². The lowest BCUT2D eigenvalue weighted by atomic mass is 10.0. The van der Waals surface area contributed by atoms with Crippen molar-refractivity contribution < 1.29 is 9.84 Å². The Morgan fingerprint density at radius 1 is 1.20 bits per heavy atom. The van der Waals surface area contributed by atoms with Crippen LogP contribution in [-0.2, 0) is 0 Å². The summed E-state index contributed by atoms with van der Waals surface area (Å²) in [5.41, 5.74) is 6.31. The van der Waals surface area contributed by atoms with E-state index in [-0.39, 0.29) is 6.04 Å². The smallest absolute Gasteiger partial charge is 0.131 e. The van der Waals surface area contributed by atoms with Gasteiger partial charge >= 0.3 is 0 Å². The molecule has 2 rings (SSSR count). The molecule has 0 fully saturated rings. The van der Waals surface area contributed by atoms with Gasteiger partial charge in [0, 0.05) is 23.4 Å². The zero-order valence-corrected chi connectivity index (χ0v) is 12.4. The lowest BCUT2D eigenvalue weighted by Gasteiger charge is -2.20. The Labute approximate surface area is 120 Å². The second-order valence-electron chi connectivity index (χ2n) is 5.90. The summed E-state index contributed by atoms with van der Waals surface area (Å²) in [5.74, 6) is 0.836. The van der Waals surface area contributed by atoms with Crippen molar-refractivity contribution in [2.45, 2.75) is 38.8 Å². The molecule has 2 aromatic carbocycles. The van der Waals surface area contributed by atoms with Crippen LogP contribution in [0.3, 0.4) is 0 Å². The van der Waals surface area contributed by atoms with Crippen LogP contribution < -0.4 is 10.5 Å². The van der Waals surface area contributed by atoms with Crippen molar-refractivity contribution in [3.63, 3.8) is 0 Å². The van der Waals surface area contributed by atoms with Gasteiger partial charge in [-0.3, -0.25) is 0 Å². The lowest BCUT2D eigenvalue weighted by Crippen LogP contribution is -2.22. The van der Waals surface area contributed by atoms with E-state index in [2.05, 4.69) is 12.1 Å². The van der Waals surface area contributed by atoms with Crippen LogP contribution in [0.2, 0.25) is 0 Å². The molecule has 0 aliphatic heterocycles. The minimum absolute atomic E-state index is 0.0863. The molecule has 108 valence electrons. The van der Waals surface area contributed by atoms with Crippen molar-refractivity contribution in [3.05, 3.63) is 42.0 Å². The third kappa shape index (κ3) is 3.50. The Morgan fingerprint density at radius 3 is 2.55 bits per heavy atom. The molecule has 3 nitrogen and oxygen atoms in total. The van der Waals surface area contributed by atoms with Crippen molar-refractivity contribution in [2.24, 2.45) is 5.73 Å². The fourth-order valence-electron chi connectivity index (χ4n) is 2.18. The third-order valence-electron chi connectivity index (χ3n) is 3.36. The van der Waals surface area contributed by atoms with Crippen LogP contribution in [0.4, 0.5) is 0 Å². The maximum absolute atomic E-state index is 9.78. The van der Waals surface area contributed by atoms with Gasteiger partial charge in [0.15, 0.2) is 0 Å². The predicted molar refractivity (Wildman–Crippen MR) is 83.0 cm³/mol. The monoisotopic (exact) mass is 273 g/mol. The average Bonchev–Trinajstić information content (AvgIpc) is 2.37. The van der Waals surface area contributed by atoms with E-state index in [1.54, 1.807) is 13.8 Å². The van der Waals surface area contributed by atoms with Gasteiger partial charge in [0.1, 0.15) is 5.75 Å². The summed E-state index contributed by atoms with van der Waals surface area (Å²) in [4.78, 5) is 0. The van der Waals surface area contributed by atoms with Gasteiger partial charge in [-0.25, -0.2) is 0 Å². The Balaban J connectivity index is 2.35. The summed E-state index contributed by atoms with van der Waals surface area (Å²) < 4.78 is 5.95. The number of rotatable bonds is 5. The molecule has 0 aromatic heterocycles. The number of hydrogen-bond acceptors (Lipinski definition) is 3. The highest BCUT2D eigenvalue weighted by atomic mass is 16.5. The SMILES string of the molecule is CC(N)c1ccc2ccccc2c1OCCC(C)(C)O. The van der Waals surface area contributed by atoms with Gasteiger partial charge in [0.05, 0.1) is 12.2 Å². The van der Waals surface area contributed by atoms with E-state index in [1.807, 2.05) is 31.2 Å². The average molecular weight is 273 g/mol. The first-order valence-electron chi connectivity index (χ1n) is 7.01. The van der Waals surface area contributed by atoms with Crippen LogP contribution in [0.15, 0.2) is 36.4 Å². The van der Waals surface area contributed by atoms with E-state index in [0.29, 0.717) is 13.0 Å². The molecule has 0 spiro atoms. The highest BCUT2D eigenvalue weighted by Gasteiger charge is 2.15. The molecule has 0 aliphatic rings. The van der Waals surface area contributed by atoms with Gasteiger partial charge in [0.2, 0.25) is 0 Å². The third-order valence-corrected chi connectivity index (χ3v) is 3.36. The summed E-state index contributed by atoms with van der Waals surface area (Å²) >= 11 is 0. The molecule has 1 atom stereocenters. The molecule has 0 radical (unpaired) electrons. The number of ether oxygens (including phenoxy) is 1.